The molecule has 4 aromatic carbocycles. The van der Waals surface area contributed by atoms with E-state index in [4.69, 9.17) is 30.5 Å². The molecular formula is C32H23BrClN3O4. The Morgan fingerprint density at radius 2 is 1.76 bits per heavy atom. The van der Waals surface area contributed by atoms with E-state index in [1.807, 2.05) is 73.7 Å². The first-order valence-corrected chi connectivity index (χ1v) is 14.1. The molecule has 0 unspecified atom stereocenters. The van der Waals surface area contributed by atoms with Gasteiger partial charge in [0.15, 0.2) is 17.3 Å². The van der Waals surface area contributed by atoms with Gasteiger partial charge < -0.3 is 13.9 Å². The maximum atomic E-state index is 13.6. The number of rotatable bonds is 8. The van der Waals surface area contributed by atoms with Gasteiger partial charge in [0.25, 0.3) is 5.56 Å². The van der Waals surface area contributed by atoms with E-state index in [1.165, 1.54) is 10.9 Å². The van der Waals surface area contributed by atoms with Gasteiger partial charge in [-0.2, -0.15) is 9.78 Å². The quantitative estimate of drug-likeness (QED) is 0.159. The zero-order chi connectivity index (χ0) is 28.3. The van der Waals surface area contributed by atoms with Crippen LogP contribution in [0.25, 0.3) is 33.5 Å². The smallest absolute Gasteiger partial charge is 0.282 e. The molecule has 0 amide bonds. The summed E-state index contributed by atoms with van der Waals surface area (Å²) in [5.74, 6) is 1.56. The van der Waals surface area contributed by atoms with E-state index in [0.717, 1.165) is 10.9 Å². The summed E-state index contributed by atoms with van der Waals surface area (Å²) in [6.45, 7) is 2.60. The first-order chi connectivity index (χ1) is 20.0. The highest BCUT2D eigenvalue weighted by molar-refractivity contribution is 9.10. The van der Waals surface area contributed by atoms with Crippen LogP contribution in [-0.4, -0.2) is 22.5 Å². The largest absolute Gasteiger partial charge is 0.490 e. The SMILES string of the molecule is CCOc1cc(C=Nn2c(-c3cc4ccccc4o3)nc3ccccc3c2=O)c(Br)c(Cl)c1OCc1ccccc1. The molecule has 0 aliphatic rings. The number of halogens is 2. The highest BCUT2D eigenvalue weighted by atomic mass is 79.9. The van der Waals surface area contributed by atoms with Crippen LogP contribution in [0.4, 0.5) is 0 Å². The van der Waals surface area contributed by atoms with Crippen LogP contribution in [0.3, 0.4) is 0 Å². The summed E-state index contributed by atoms with van der Waals surface area (Å²) in [5, 5.41) is 6.22. The molecule has 0 radical (unpaired) electrons. The van der Waals surface area contributed by atoms with E-state index < -0.39 is 0 Å². The van der Waals surface area contributed by atoms with Crippen molar-refractivity contribution >= 4 is 55.6 Å². The second kappa shape index (κ2) is 11.6. The Balaban J connectivity index is 1.44. The summed E-state index contributed by atoms with van der Waals surface area (Å²) in [7, 11) is 0. The van der Waals surface area contributed by atoms with Crippen molar-refractivity contribution in [3.8, 4) is 23.1 Å². The van der Waals surface area contributed by atoms with Crippen LogP contribution in [0, 0.1) is 0 Å². The molecular weight excluding hydrogens is 606 g/mol. The number of nitrogens with zero attached hydrogens (tertiary/aromatic N) is 3. The molecule has 0 N–H and O–H groups in total. The lowest BCUT2D eigenvalue weighted by molar-refractivity contribution is 0.269. The van der Waals surface area contributed by atoms with Crippen LogP contribution >= 0.6 is 27.5 Å². The maximum Gasteiger partial charge on any atom is 0.282 e. The van der Waals surface area contributed by atoms with Crippen molar-refractivity contribution in [2.24, 2.45) is 5.10 Å². The van der Waals surface area contributed by atoms with Crippen molar-refractivity contribution < 1.29 is 13.9 Å². The molecule has 6 rings (SSSR count). The molecule has 0 aliphatic heterocycles. The Morgan fingerprint density at radius 3 is 2.56 bits per heavy atom. The third-order valence-corrected chi connectivity index (χ3v) is 7.84. The number of furan rings is 1. The average Bonchev–Trinajstić information content (AvgIpc) is 3.44. The highest BCUT2D eigenvalue weighted by Gasteiger charge is 2.19. The van der Waals surface area contributed by atoms with Crippen LogP contribution < -0.4 is 15.0 Å². The molecule has 6 aromatic rings. The Kier molecular flexibility index (Phi) is 7.59. The van der Waals surface area contributed by atoms with E-state index in [1.54, 1.807) is 24.3 Å². The zero-order valence-corrected chi connectivity index (χ0v) is 24.2. The number of hydrogen-bond donors (Lipinski definition) is 0. The fourth-order valence-corrected chi connectivity index (χ4v) is 5.08. The molecule has 2 aromatic heterocycles. The normalized spacial score (nSPS) is 11.5. The molecule has 0 bridgehead atoms. The summed E-state index contributed by atoms with van der Waals surface area (Å²) in [5.41, 5.74) is 2.47. The van der Waals surface area contributed by atoms with Crippen LogP contribution in [0.1, 0.15) is 18.1 Å². The summed E-state index contributed by atoms with van der Waals surface area (Å²) in [6, 6.07) is 28.1. The molecule has 0 spiro atoms. The van der Waals surface area contributed by atoms with E-state index in [9.17, 15) is 4.79 Å². The van der Waals surface area contributed by atoms with Gasteiger partial charge in [-0.25, -0.2) is 4.98 Å². The van der Waals surface area contributed by atoms with Crippen molar-refractivity contribution in [3.05, 3.63) is 122 Å². The van der Waals surface area contributed by atoms with Gasteiger partial charge in [0.05, 0.1) is 23.7 Å². The van der Waals surface area contributed by atoms with Gasteiger partial charge in [0, 0.05) is 15.4 Å². The van der Waals surface area contributed by atoms with Crippen LogP contribution in [0.5, 0.6) is 11.5 Å². The van der Waals surface area contributed by atoms with Gasteiger partial charge in [0.2, 0.25) is 5.82 Å². The van der Waals surface area contributed by atoms with E-state index >= 15 is 0 Å². The lowest BCUT2D eigenvalue weighted by Gasteiger charge is -2.16. The Hall–Kier alpha value is -4.40. The van der Waals surface area contributed by atoms with Crippen molar-refractivity contribution in [2.75, 3.05) is 6.61 Å². The van der Waals surface area contributed by atoms with Gasteiger partial charge in [-0.15, -0.1) is 0 Å². The second-order valence-corrected chi connectivity index (χ2v) is 10.3. The molecule has 0 atom stereocenters. The summed E-state index contributed by atoms with van der Waals surface area (Å²) >= 11 is 10.3. The fourth-order valence-electron chi connectivity index (χ4n) is 4.43. The predicted octanol–water partition coefficient (Wildman–Crippen LogP) is 8.09. The third kappa shape index (κ3) is 5.36. The Morgan fingerprint density at radius 1 is 1.00 bits per heavy atom. The standard InChI is InChI=1S/C32H23BrClN3O4/c1-2-39-26-17-22(28(33)29(34)30(26)40-19-20-10-4-3-5-11-20)18-35-37-31(27-16-21-12-6-9-15-25(21)41-27)36-24-14-8-7-13-23(24)32(37)38/h3-18H,2,19H2,1H3. The Bertz CT molecular complexity index is 1940. The van der Waals surface area contributed by atoms with Crippen LogP contribution in [0.15, 0.2) is 110 Å². The predicted molar refractivity (Wildman–Crippen MR) is 165 cm³/mol. The van der Waals surface area contributed by atoms with Crippen molar-refractivity contribution in [2.45, 2.75) is 13.5 Å². The minimum absolute atomic E-state index is 0.274. The van der Waals surface area contributed by atoms with Crippen LogP contribution in [0.2, 0.25) is 5.02 Å². The topological polar surface area (TPSA) is 78.9 Å². The second-order valence-electron chi connectivity index (χ2n) is 9.09. The van der Waals surface area contributed by atoms with Crippen LogP contribution in [-0.2, 0) is 6.61 Å². The summed E-state index contributed by atoms with van der Waals surface area (Å²) < 4.78 is 19.8. The molecule has 0 fully saturated rings. The number of para-hydroxylation sites is 2. The van der Waals surface area contributed by atoms with Gasteiger partial charge in [0.1, 0.15) is 17.2 Å². The van der Waals surface area contributed by atoms with Gasteiger partial charge in [-0.05, 0) is 58.7 Å². The van der Waals surface area contributed by atoms with Crippen molar-refractivity contribution in [1.29, 1.82) is 0 Å². The third-order valence-electron chi connectivity index (χ3n) is 6.39. The fraction of sp³-hybridized carbons (Fsp3) is 0.0938. The molecule has 2 heterocycles. The molecule has 0 saturated carbocycles. The number of fused-ring (bicyclic) bond motifs is 2. The molecule has 0 saturated heterocycles. The van der Waals surface area contributed by atoms with Gasteiger partial charge in [-0.1, -0.05) is 72.3 Å². The first-order valence-electron chi connectivity index (χ1n) is 12.9. The molecule has 204 valence electrons. The lowest BCUT2D eigenvalue weighted by Crippen LogP contribution is -2.20. The zero-order valence-electron chi connectivity index (χ0n) is 21.9. The average molecular weight is 629 g/mol. The minimum Gasteiger partial charge on any atom is -0.490 e. The molecule has 0 aliphatic carbocycles. The van der Waals surface area contributed by atoms with Gasteiger partial charge in [-0.3, -0.25) is 4.79 Å². The molecule has 9 heteroatoms. The number of ether oxygens (including phenoxy) is 2. The lowest BCUT2D eigenvalue weighted by atomic mass is 10.2. The number of benzene rings is 4. The van der Waals surface area contributed by atoms with Crippen molar-refractivity contribution in [1.82, 2.24) is 9.66 Å². The molecule has 41 heavy (non-hydrogen) atoms. The maximum absolute atomic E-state index is 13.6. The van der Waals surface area contributed by atoms with E-state index in [2.05, 4.69) is 21.0 Å². The summed E-state index contributed by atoms with van der Waals surface area (Å²) in [6.07, 6.45) is 1.53. The first kappa shape index (κ1) is 26.8. The minimum atomic E-state index is -0.336. The number of aromatic nitrogens is 2. The van der Waals surface area contributed by atoms with E-state index in [0.29, 0.717) is 62.0 Å². The molecule has 7 nitrogen and oxygen atoms in total. The van der Waals surface area contributed by atoms with Gasteiger partial charge >= 0.3 is 0 Å². The van der Waals surface area contributed by atoms with E-state index in [-0.39, 0.29) is 11.4 Å². The van der Waals surface area contributed by atoms with Crippen molar-refractivity contribution in [3.63, 3.8) is 0 Å². The number of hydrogen-bond acceptors (Lipinski definition) is 6. The highest BCUT2D eigenvalue weighted by Crippen LogP contribution is 2.42. The monoisotopic (exact) mass is 627 g/mol. The summed E-state index contributed by atoms with van der Waals surface area (Å²) in [4.78, 5) is 18.4. The Labute approximate surface area is 248 Å².